The summed E-state index contributed by atoms with van der Waals surface area (Å²) in [6, 6.07) is 27.4. The van der Waals surface area contributed by atoms with E-state index in [1.54, 1.807) is 7.11 Å². The molecule has 5 heteroatoms. The maximum absolute atomic E-state index is 6.12. The van der Waals surface area contributed by atoms with E-state index < -0.39 is 0 Å². The van der Waals surface area contributed by atoms with E-state index in [9.17, 15) is 0 Å². The average molecular weight is 453 g/mol. The zero-order valence-corrected chi connectivity index (χ0v) is 19.5. The van der Waals surface area contributed by atoms with E-state index in [0.717, 1.165) is 49.2 Å². The van der Waals surface area contributed by atoms with Crippen molar-refractivity contribution in [2.24, 2.45) is 0 Å². The lowest BCUT2D eigenvalue weighted by Crippen LogP contribution is -2.47. The first kappa shape index (κ1) is 22.1. The molecule has 1 unspecified atom stereocenters. The molecule has 0 N–H and O–H groups in total. The Labute approximate surface area is 195 Å². The van der Waals surface area contributed by atoms with Gasteiger partial charge in [0.25, 0.3) is 0 Å². The van der Waals surface area contributed by atoms with Crippen molar-refractivity contribution in [2.45, 2.75) is 5.25 Å². The van der Waals surface area contributed by atoms with Gasteiger partial charge in [0, 0.05) is 43.5 Å². The zero-order chi connectivity index (χ0) is 21.5. The van der Waals surface area contributed by atoms with Gasteiger partial charge in [0.1, 0.15) is 5.75 Å². The summed E-state index contributed by atoms with van der Waals surface area (Å²) in [7, 11) is 1.75. The molecule has 0 amide bonds. The highest BCUT2D eigenvalue weighted by Crippen LogP contribution is 2.36. The van der Waals surface area contributed by atoms with Crippen molar-refractivity contribution < 1.29 is 4.74 Å². The van der Waals surface area contributed by atoms with Crippen LogP contribution >= 0.6 is 23.4 Å². The molecule has 3 nitrogen and oxygen atoms in total. The second-order valence-electron chi connectivity index (χ2n) is 7.71. The van der Waals surface area contributed by atoms with Crippen molar-refractivity contribution in [3.8, 4) is 5.75 Å². The number of piperazine rings is 1. The summed E-state index contributed by atoms with van der Waals surface area (Å²) < 4.78 is 5.54. The molecule has 3 aromatic carbocycles. The standard InChI is InChI=1S/C26H29ClN2OS/c1-30-25-10-6-5-9-24(25)29-17-15-28(16-18-29)19-20-31-26(21-7-3-2-4-8-21)22-11-13-23(27)14-12-22/h2-14,26H,15-20H2,1H3. The van der Waals surface area contributed by atoms with Crippen molar-refractivity contribution in [3.05, 3.63) is 95.0 Å². The molecule has 162 valence electrons. The highest BCUT2D eigenvalue weighted by molar-refractivity contribution is 7.99. The summed E-state index contributed by atoms with van der Waals surface area (Å²) in [5, 5.41) is 1.11. The van der Waals surface area contributed by atoms with Crippen LogP contribution in [0.15, 0.2) is 78.9 Å². The summed E-state index contributed by atoms with van der Waals surface area (Å²) in [5.41, 5.74) is 3.85. The average Bonchev–Trinajstić information content (AvgIpc) is 2.83. The van der Waals surface area contributed by atoms with Gasteiger partial charge in [0.05, 0.1) is 18.0 Å². The van der Waals surface area contributed by atoms with E-state index in [1.165, 1.54) is 16.8 Å². The number of nitrogens with zero attached hydrogens (tertiary/aromatic N) is 2. The molecule has 3 aromatic rings. The molecule has 0 radical (unpaired) electrons. The summed E-state index contributed by atoms with van der Waals surface area (Å²) in [6.45, 7) is 5.32. The fourth-order valence-electron chi connectivity index (χ4n) is 4.05. The van der Waals surface area contributed by atoms with E-state index in [0.29, 0.717) is 5.25 Å². The van der Waals surface area contributed by atoms with Crippen LogP contribution < -0.4 is 9.64 Å². The van der Waals surface area contributed by atoms with E-state index in [1.807, 2.05) is 36.0 Å². The molecule has 4 rings (SSSR count). The van der Waals surface area contributed by atoms with Crippen LogP contribution in [0.25, 0.3) is 0 Å². The van der Waals surface area contributed by atoms with Crippen molar-refractivity contribution in [2.75, 3.05) is 50.5 Å². The van der Waals surface area contributed by atoms with Crippen molar-refractivity contribution in [1.29, 1.82) is 0 Å². The number of para-hydroxylation sites is 2. The van der Waals surface area contributed by atoms with Crippen molar-refractivity contribution >= 4 is 29.1 Å². The van der Waals surface area contributed by atoms with Gasteiger partial charge in [-0.25, -0.2) is 0 Å². The quantitative estimate of drug-likeness (QED) is 0.416. The van der Waals surface area contributed by atoms with Crippen LogP contribution in [-0.2, 0) is 0 Å². The Balaban J connectivity index is 1.33. The molecule has 1 aliphatic rings. The predicted molar refractivity (Wildman–Crippen MR) is 134 cm³/mol. The highest BCUT2D eigenvalue weighted by atomic mass is 35.5. The van der Waals surface area contributed by atoms with Crippen molar-refractivity contribution in [3.63, 3.8) is 0 Å². The number of benzene rings is 3. The van der Waals surface area contributed by atoms with Gasteiger partial charge in [-0.05, 0) is 35.4 Å². The first-order chi connectivity index (χ1) is 15.2. The van der Waals surface area contributed by atoms with Gasteiger partial charge in [-0.3, -0.25) is 4.90 Å². The zero-order valence-electron chi connectivity index (χ0n) is 17.9. The second kappa shape index (κ2) is 10.9. The van der Waals surface area contributed by atoms with Gasteiger partial charge < -0.3 is 9.64 Å². The molecule has 0 aromatic heterocycles. The lowest BCUT2D eigenvalue weighted by atomic mass is 10.0. The monoisotopic (exact) mass is 452 g/mol. The first-order valence-electron chi connectivity index (χ1n) is 10.8. The summed E-state index contributed by atoms with van der Waals surface area (Å²) in [6.07, 6.45) is 0. The van der Waals surface area contributed by atoms with Gasteiger partial charge >= 0.3 is 0 Å². The maximum Gasteiger partial charge on any atom is 0.142 e. The number of hydrogen-bond donors (Lipinski definition) is 0. The summed E-state index contributed by atoms with van der Waals surface area (Å²) in [4.78, 5) is 5.01. The molecule has 1 heterocycles. The number of halogens is 1. The predicted octanol–water partition coefficient (Wildman–Crippen LogP) is 5.99. The molecule has 0 saturated carbocycles. The number of methoxy groups -OCH3 is 1. The first-order valence-corrected chi connectivity index (χ1v) is 12.2. The van der Waals surface area contributed by atoms with Crippen LogP contribution in [0.4, 0.5) is 5.69 Å². The second-order valence-corrected chi connectivity index (χ2v) is 9.36. The fourth-order valence-corrected chi connectivity index (χ4v) is 5.48. The minimum Gasteiger partial charge on any atom is -0.495 e. The molecular formula is C26H29ClN2OS. The molecule has 1 atom stereocenters. The number of anilines is 1. The maximum atomic E-state index is 6.12. The molecule has 0 aliphatic carbocycles. The van der Waals surface area contributed by atoms with E-state index in [4.69, 9.17) is 16.3 Å². The fraction of sp³-hybridized carbons (Fsp3) is 0.308. The molecule has 0 spiro atoms. The SMILES string of the molecule is COc1ccccc1N1CCN(CCSC(c2ccccc2)c2ccc(Cl)cc2)CC1. The topological polar surface area (TPSA) is 15.7 Å². The van der Waals surface area contributed by atoms with E-state index >= 15 is 0 Å². The molecular weight excluding hydrogens is 424 g/mol. The molecule has 1 aliphatic heterocycles. The van der Waals surface area contributed by atoms with Crippen LogP contribution in [0.2, 0.25) is 5.02 Å². The van der Waals surface area contributed by atoms with Crippen LogP contribution in [0.5, 0.6) is 5.75 Å². The smallest absolute Gasteiger partial charge is 0.142 e. The van der Waals surface area contributed by atoms with Gasteiger partial charge in [-0.2, -0.15) is 0 Å². The Morgan fingerprint density at radius 1 is 0.839 bits per heavy atom. The van der Waals surface area contributed by atoms with Gasteiger partial charge in [-0.1, -0.05) is 66.2 Å². The lowest BCUT2D eigenvalue weighted by Gasteiger charge is -2.36. The number of ether oxygens (including phenoxy) is 1. The Morgan fingerprint density at radius 2 is 1.48 bits per heavy atom. The molecule has 31 heavy (non-hydrogen) atoms. The molecule has 1 saturated heterocycles. The minimum atomic E-state index is 0.327. The van der Waals surface area contributed by atoms with Gasteiger partial charge in [0.2, 0.25) is 0 Å². The van der Waals surface area contributed by atoms with Crippen LogP contribution in [0.3, 0.4) is 0 Å². The Morgan fingerprint density at radius 3 is 2.19 bits per heavy atom. The molecule has 0 bridgehead atoms. The summed E-state index contributed by atoms with van der Waals surface area (Å²) >= 11 is 8.13. The third-order valence-electron chi connectivity index (χ3n) is 5.77. The van der Waals surface area contributed by atoms with Crippen LogP contribution in [0.1, 0.15) is 16.4 Å². The minimum absolute atomic E-state index is 0.327. The van der Waals surface area contributed by atoms with Gasteiger partial charge in [0.15, 0.2) is 0 Å². The number of rotatable bonds is 8. The highest BCUT2D eigenvalue weighted by Gasteiger charge is 2.20. The Hall–Kier alpha value is -2.14. The normalized spacial score (nSPS) is 15.6. The van der Waals surface area contributed by atoms with Crippen LogP contribution in [0, 0.1) is 0 Å². The lowest BCUT2D eigenvalue weighted by molar-refractivity contribution is 0.272. The number of hydrogen-bond acceptors (Lipinski definition) is 4. The van der Waals surface area contributed by atoms with E-state index in [2.05, 4.69) is 64.4 Å². The molecule has 1 fully saturated rings. The van der Waals surface area contributed by atoms with E-state index in [-0.39, 0.29) is 0 Å². The Kier molecular flexibility index (Phi) is 7.79. The van der Waals surface area contributed by atoms with Crippen LogP contribution in [-0.4, -0.2) is 50.5 Å². The van der Waals surface area contributed by atoms with Gasteiger partial charge in [-0.15, -0.1) is 11.8 Å². The van der Waals surface area contributed by atoms with Crippen molar-refractivity contribution in [1.82, 2.24) is 4.90 Å². The third-order valence-corrected chi connectivity index (χ3v) is 7.31. The Bertz CT molecular complexity index is 943. The summed E-state index contributed by atoms with van der Waals surface area (Å²) in [5.74, 6) is 2.05. The third kappa shape index (κ3) is 5.76. The number of thioether (sulfide) groups is 1. The largest absolute Gasteiger partial charge is 0.495 e.